The van der Waals surface area contributed by atoms with Crippen LogP contribution in [0.3, 0.4) is 0 Å². The Labute approximate surface area is 146 Å². The van der Waals surface area contributed by atoms with E-state index in [9.17, 15) is 14.4 Å². The van der Waals surface area contributed by atoms with E-state index in [-0.39, 0.29) is 31.4 Å². The maximum atomic E-state index is 12.4. The minimum Gasteiger partial charge on any atom is -0.459 e. The van der Waals surface area contributed by atoms with Crippen molar-refractivity contribution in [2.24, 2.45) is 17.6 Å². The summed E-state index contributed by atoms with van der Waals surface area (Å²) in [7, 11) is 0. The summed E-state index contributed by atoms with van der Waals surface area (Å²) < 4.78 is 5.30. The Hall–Kier alpha value is -2.41. The molecule has 2 amide bonds. The van der Waals surface area contributed by atoms with Gasteiger partial charge in [0, 0.05) is 6.42 Å². The van der Waals surface area contributed by atoms with Crippen LogP contribution >= 0.6 is 0 Å². The Morgan fingerprint density at radius 3 is 2.64 bits per heavy atom. The molecule has 25 heavy (non-hydrogen) atoms. The van der Waals surface area contributed by atoms with Crippen LogP contribution in [0.5, 0.6) is 0 Å². The van der Waals surface area contributed by atoms with Gasteiger partial charge >= 0.3 is 5.97 Å². The van der Waals surface area contributed by atoms with Crippen LogP contribution in [0, 0.1) is 11.8 Å². The maximum Gasteiger partial charge on any atom is 0.328 e. The van der Waals surface area contributed by atoms with E-state index in [0.717, 1.165) is 18.5 Å². The summed E-state index contributed by atoms with van der Waals surface area (Å²) >= 11 is 0. The first kappa shape index (κ1) is 17.4. The average Bonchev–Trinajstić information content (AvgIpc) is 3.26. The standard InChI is InChI=1S/C18H23N3O4/c19-15(22)7-6-14(18(24)25-10-11-4-2-1-3-5-11)21-17(23)16-13-8-12(13)9-20-16/h1-5,12-14,16,20H,6-10H2,(H2,19,22)(H,21,23)/t12-,13-,14+,16+/m1/s1. The van der Waals surface area contributed by atoms with Gasteiger partial charge in [0.2, 0.25) is 11.8 Å². The number of nitrogens with two attached hydrogens (primary N) is 1. The highest BCUT2D eigenvalue weighted by molar-refractivity contribution is 5.88. The number of primary amides is 1. The molecule has 7 nitrogen and oxygen atoms in total. The summed E-state index contributed by atoms with van der Waals surface area (Å²) in [6.07, 6.45) is 1.19. The number of hydrogen-bond donors (Lipinski definition) is 3. The van der Waals surface area contributed by atoms with E-state index in [4.69, 9.17) is 10.5 Å². The zero-order chi connectivity index (χ0) is 17.8. The molecule has 2 aliphatic rings. The lowest BCUT2D eigenvalue weighted by molar-refractivity contribution is -0.149. The van der Waals surface area contributed by atoms with E-state index in [1.54, 1.807) is 0 Å². The fourth-order valence-corrected chi connectivity index (χ4v) is 3.26. The van der Waals surface area contributed by atoms with Crippen molar-refractivity contribution >= 4 is 17.8 Å². The molecule has 4 atom stereocenters. The zero-order valence-corrected chi connectivity index (χ0v) is 13.9. The number of esters is 1. The minimum absolute atomic E-state index is 0.00946. The lowest BCUT2D eigenvalue weighted by Gasteiger charge is -2.20. The number of hydrogen-bond acceptors (Lipinski definition) is 5. The fourth-order valence-electron chi connectivity index (χ4n) is 3.26. The highest BCUT2D eigenvalue weighted by Gasteiger charge is 2.51. The number of fused-ring (bicyclic) bond motifs is 1. The van der Waals surface area contributed by atoms with Gasteiger partial charge in [0.1, 0.15) is 12.6 Å². The molecule has 1 aliphatic heterocycles. The highest BCUT2D eigenvalue weighted by atomic mass is 16.5. The highest BCUT2D eigenvalue weighted by Crippen LogP contribution is 2.45. The molecule has 4 N–H and O–H groups in total. The van der Waals surface area contributed by atoms with Crippen LogP contribution < -0.4 is 16.4 Å². The molecule has 1 saturated carbocycles. The summed E-state index contributed by atoms with van der Waals surface area (Å²) in [6, 6.07) is 8.15. The first-order valence-corrected chi connectivity index (χ1v) is 8.57. The van der Waals surface area contributed by atoms with Crippen molar-refractivity contribution in [3.8, 4) is 0 Å². The molecule has 0 unspecified atom stereocenters. The Morgan fingerprint density at radius 2 is 2.04 bits per heavy atom. The number of carbonyl (C=O) groups excluding carboxylic acids is 3. The van der Waals surface area contributed by atoms with Gasteiger partial charge in [-0.05, 0) is 36.8 Å². The van der Waals surface area contributed by atoms with E-state index in [1.165, 1.54) is 0 Å². The van der Waals surface area contributed by atoms with Crippen LogP contribution in [0.25, 0.3) is 0 Å². The molecule has 1 heterocycles. The molecular weight excluding hydrogens is 322 g/mol. The van der Waals surface area contributed by atoms with Crippen LogP contribution in [0.15, 0.2) is 30.3 Å². The van der Waals surface area contributed by atoms with E-state index in [2.05, 4.69) is 10.6 Å². The van der Waals surface area contributed by atoms with E-state index in [1.807, 2.05) is 30.3 Å². The summed E-state index contributed by atoms with van der Waals surface area (Å²) in [5.41, 5.74) is 6.03. The number of nitrogens with one attached hydrogen (secondary N) is 2. The molecule has 2 fully saturated rings. The molecule has 0 bridgehead atoms. The van der Waals surface area contributed by atoms with Crippen LogP contribution in [-0.2, 0) is 25.7 Å². The van der Waals surface area contributed by atoms with Gasteiger partial charge in [-0.3, -0.25) is 9.59 Å². The zero-order valence-electron chi connectivity index (χ0n) is 13.9. The molecule has 0 spiro atoms. The number of benzene rings is 1. The topological polar surface area (TPSA) is 111 Å². The Kier molecular flexibility index (Phi) is 5.33. The molecule has 1 aliphatic carbocycles. The fraction of sp³-hybridized carbons (Fsp3) is 0.500. The van der Waals surface area contributed by atoms with Crippen LogP contribution in [-0.4, -0.2) is 36.4 Å². The molecule has 7 heteroatoms. The predicted molar refractivity (Wildman–Crippen MR) is 90.0 cm³/mol. The van der Waals surface area contributed by atoms with Gasteiger partial charge in [-0.15, -0.1) is 0 Å². The summed E-state index contributed by atoms with van der Waals surface area (Å²) in [6.45, 7) is 0.960. The van der Waals surface area contributed by atoms with E-state index >= 15 is 0 Å². The molecule has 1 aromatic rings. The van der Waals surface area contributed by atoms with Gasteiger partial charge in [0.05, 0.1) is 6.04 Å². The monoisotopic (exact) mass is 345 g/mol. The van der Waals surface area contributed by atoms with Gasteiger partial charge in [-0.1, -0.05) is 30.3 Å². The predicted octanol–water partition coefficient (Wildman–Crippen LogP) is 0.0880. The molecule has 3 rings (SSSR count). The molecule has 1 saturated heterocycles. The molecule has 1 aromatic carbocycles. The summed E-state index contributed by atoms with van der Waals surface area (Å²) in [5.74, 6) is -0.349. The first-order valence-electron chi connectivity index (χ1n) is 8.57. The number of piperidine rings is 1. The Bertz CT molecular complexity index is 649. The molecule has 0 radical (unpaired) electrons. The van der Waals surface area contributed by atoms with Gasteiger partial charge < -0.3 is 21.1 Å². The third-order valence-electron chi connectivity index (χ3n) is 4.79. The van der Waals surface area contributed by atoms with Gasteiger partial charge in [0.15, 0.2) is 0 Å². The number of amides is 2. The van der Waals surface area contributed by atoms with Crippen molar-refractivity contribution < 1.29 is 19.1 Å². The molecular formula is C18H23N3O4. The van der Waals surface area contributed by atoms with Crippen LogP contribution in [0.1, 0.15) is 24.8 Å². The van der Waals surface area contributed by atoms with Gasteiger partial charge in [-0.2, -0.15) is 0 Å². The van der Waals surface area contributed by atoms with Crippen molar-refractivity contribution in [1.82, 2.24) is 10.6 Å². The number of carbonyl (C=O) groups is 3. The quantitative estimate of drug-likeness (QED) is 0.578. The van der Waals surface area contributed by atoms with Crippen molar-refractivity contribution in [2.45, 2.75) is 38.0 Å². The van der Waals surface area contributed by atoms with Crippen molar-refractivity contribution in [1.29, 1.82) is 0 Å². The molecule has 134 valence electrons. The third kappa shape index (κ3) is 4.57. The summed E-state index contributed by atoms with van der Waals surface area (Å²) in [4.78, 5) is 35.8. The average molecular weight is 345 g/mol. The van der Waals surface area contributed by atoms with Crippen molar-refractivity contribution in [3.05, 3.63) is 35.9 Å². The smallest absolute Gasteiger partial charge is 0.328 e. The van der Waals surface area contributed by atoms with Crippen molar-refractivity contribution in [3.63, 3.8) is 0 Å². The van der Waals surface area contributed by atoms with E-state index in [0.29, 0.717) is 11.8 Å². The van der Waals surface area contributed by atoms with Gasteiger partial charge in [-0.25, -0.2) is 4.79 Å². The third-order valence-corrected chi connectivity index (χ3v) is 4.79. The number of rotatable bonds is 8. The van der Waals surface area contributed by atoms with Crippen LogP contribution in [0.4, 0.5) is 0 Å². The lowest BCUT2D eigenvalue weighted by atomic mass is 10.1. The van der Waals surface area contributed by atoms with Crippen LogP contribution in [0.2, 0.25) is 0 Å². The summed E-state index contributed by atoms with van der Waals surface area (Å²) in [5, 5.41) is 5.89. The normalized spacial score (nSPS) is 24.9. The van der Waals surface area contributed by atoms with E-state index < -0.39 is 17.9 Å². The Morgan fingerprint density at radius 1 is 1.28 bits per heavy atom. The SMILES string of the molecule is NC(=O)CC[C@H](NC(=O)[C@H]1NC[C@H]2C[C@H]21)C(=O)OCc1ccccc1. The second-order valence-electron chi connectivity index (χ2n) is 6.71. The second kappa shape index (κ2) is 7.65. The largest absolute Gasteiger partial charge is 0.459 e. The molecule has 0 aromatic heterocycles. The second-order valence-corrected chi connectivity index (χ2v) is 6.71. The number of ether oxygens (including phenoxy) is 1. The van der Waals surface area contributed by atoms with Crippen molar-refractivity contribution in [2.75, 3.05) is 6.54 Å². The maximum absolute atomic E-state index is 12.4. The van der Waals surface area contributed by atoms with Gasteiger partial charge in [0.25, 0.3) is 0 Å². The lowest BCUT2D eigenvalue weighted by Crippen LogP contribution is -2.50. The first-order chi connectivity index (χ1) is 12.0. The Balaban J connectivity index is 1.56. The minimum atomic E-state index is -0.872.